The minimum atomic E-state index is -0.195. The highest BCUT2D eigenvalue weighted by atomic mass is 32.2. The third-order valence-corrected chi connectivity index (χ3v) is 5.63. The monoisotopic (exact) mass is 414 g/mol. The van der Waals surface area contributed by atoms with E-state index in [1.165, 1.54) is 11.8 Å². The first-order valence-electron chi connectivity index (χ1n) is 9.38. The molecule has 8 nitrogen and oxygen atoms in total. The van der Waals surface area contributed by atoms with E-state index in [1.807, 2.05) is 48.9 Å². The molecule has 0 saturated carbocycles. The van der Waals surface area contributed by atoms with Gasteiger partial charge in [0, 0.05) is 13.6 Å². The molecule has 3 aromatic rings. The van der Waals surface area contributed by atoms with Gasteiger partial charge in [-0.05, 0) is 31.2 Å². The van der Waals surface area contributed by atoms with Crippen LogP contribution in [0.3, 0.4) is 0 Å². The van der Waals surface area contributed by atoms with Crippen LogP contribution in [0.15, 0.2) is 52.2 Å². The lowest BCUT2D eigenvalue weighted by atomic mass is 10.2. The fourth-order valence-electron chi connectivity index (χ4n) is 3.08. The molecule has 4 rings (SSSR count). The van der Waals surface area contributed by atoms with Crippen molar-refractivity contribution in [3.05, 3.63) is 42.7 Å². The minimum Gasteiger partial charge on any atom is -0.486 e. The fourth-order valence-corrected chi connectivity index (χ4v) is 3.90. The lowest BCUT2D eigenvalue weighted by molar-refractivity contribution is -0.129. The maximum Gasteiger partial charge on any atom is 0.233 e. The van der Waals surface area contributed by atoms with Crippen LogP contribution >= 0.6 is 11.8 Å². The maximum atomic E-state index is 12.7. The third-order valence-electron chi connectivity index (χ3n) is 4.63. The number of likely N-dealkylation sites (N-methyl/N-ethyl adjacent to an activating group) is 1. The number of amides is 1. The number of furan rings is 1. The van der Waals surface area contributed by atoms with Crippen molar-refractivity contribution < 1.29 is 18.7 Å². The average molecular weight is 414 g/mol. The molecule has 0 aliphatic carbocycles. The normalized spacial score (nSPS) is 15.3. The van der Waals surface area contributed by atoms with Crippen LogP contribution in [-0.4, -0.2) is 57.1 Å². The van der Waals surface area contributed by atoms with Crippen molar-refractivity contribution in [3.63, 3.8) is 0 Å². The zero-order chi connectivity index (χ0) is 20.2. The van der Waals surface area contributed by atoms with Gasteiger partial charge in [0.2, 0.25) is 5.91 Å². The smallest absolute Gasteiger partial charge is 0.233 e. The van der Waals surface area contributed by atoms with Crippen LogP contribution in [0.5, 0.6) is 11.5 Å². The quantitative estimate of drug-likeness (QED) is 0.550. The number of hydrogen-bond acceptors (Lipinski definition) is 7. The second kappa shape index (κ2) is 8.60. The van der Waals surface area contributed by atoms with Gasteiger partial charge in [0.05, 0.1) is 18.6 Å². The summed E-state index contributed by atoms with van der Waals surface area (Å²) in [5.74, 6) is 3.01. The molecule has 0 bridgehead atoms. The van der Waals surface area contributed by atoms with Crippen molar-refractivity contribution >= 4 is 17.7 Å². The van der Waals surface area contributed by atoms with Crippen molar-refractivity contribution in [2.45, 2.75) is 18.2 Å². The number of thioether (sulfide) groups is 1. The first-order valence-corrected chi connectivity index (χ1v) is 10.4. The van der Waals surface area contributed by atoms with E-state index < -0.39 is 0 Å². The Labute approximate surface area is 172 Å². The summed E-state index contributed by atoms with van der Waals surface area (Å²) in [4.78, 5) is 14.5. The summed E-state index contributed by atoms with van der Waals surface area (Å²) in [5, 5.41) is 8.98. The molecule has 0 spiro atoms. The third kappa shape index (κ3) is 4.24. The van der Waals surface area contributed by atoms with Gasteiger partial charge in [-0.15, -0.1) is 10.2 Å². The van der Waals surface area contributed by atoms with Crippen LogP contribution in [-0.2, 0) is 11.8 Å². The van der Waals surface area contributed by atoms with E-state index in [9.17, 15) is 4.79 Å². The van der Waals surface area contributed by atoms with Gasteiger partial charge in [-0.1, -0.05) is 23.9 Å². The summed E-state index contributed by atoms with van der Waals surface area (Å²) in [6.45, 7) is 3.44. The lowest BCUT2D eigenvalue weighted by Crippen LogP contribution is -2.44. The summed E-state index contributed by atoms with van der Waals surface area (Å²) >= 11 is 1.35. The Morgan fingerprint density at radius 2 is 2.07 bits per heavy atom. The summed E-state index contributed by atoms with van der Waals surface area (Å²) < 4.78 is 18.9. The minimum absolute atomic E-state index is 0.0162. The highest BCUT2D eigenvalue weighted by Crippen LogP contribution is 2.31. The summed E-state index contributed by atoms with van der Waals surface area (Å²) in [5.41, 5.74) is 0. The zero-order valence-electron chi connectivity index (χ0n) is 16.3. The van der Waals surface area contributed by atoms with Gasteiger partial charge in [0.25, 0.3) is 0 Å². The van der Waals surface area contributed by atoms with Crippen LogP contribution in [0.25, 0.3) is 11.6 Å². The highest BCUT2D eigenvalue weighted by molar-refractivity contribution is 7.99. The molecule has 2 aromatic heterocycles. The Morgan fingerprint density at radius 3 is 2.83 bits per heavy atom. The summed E-state index contributed by atoms with van der Waals surface area (Å²) in [6.07, 6.45) is 1.40. The van der Waals surface area contributed by atoms with Crippen molar-refractivity contribution in [1.82, 2.24) is 19.7 Å². The molecule has 1 aliphatic heterocycles. The van der Waals surface area contributed by atoms with Crippen LogP contribution in [0, 0.1) is 0 Å². The van der Waals surface area contributed by atoms with E-state index in [0.717, 1.165) is 5.75 Å². The predicted molar refractivity (Wildman–Crippen MR) is 108 cm³/mol. The van der Waals surface area contributed by atoms with Gasteiger partial charge in [-0.2, -0.15) is 0 Å². The number of carbonyl (C=O) groups is 1. The van der Waals surface area contributed by atoms with Crippen molar-refractivity contribution in [2.75, 3.05) is 25.4 Å². The molecule has 1 aliphatic rings. The lowest BCUT2D eigenvalue weighted by Gasteiger charge is -2.30. The predicted octanol–water partition coefficient (Wildman–Crippen LogP) is 2.86. The van der Waals surface area contributed by atoms with E-state index in [4.69, 9.17) is 13.9 Å². The highest BCUT2D eigenvalue weighted by Gasteiger charge is 2.25. The Hall–Kier alpha value is -2.94. The number of hydrogen-bond donors (Lipinski definition) is 0. The molecule has 1 atom stereocenters. The molecule has 1 aromatic carbocycles. The Kier molecular flexibility index (Phi) is 5.75. The van der Waals surface area contributed by atoms with Crippen molar-refractivity contribution in [1.29, 1.82) is 0 Å². The van der Waals surface area contributed by atoms with Gasteiger partial charge >= 0.3 is 0 Å². The van der Waals surface area contributed by atoms with E-state index in [2.05, 4.69) is 10.2 Å². The molecular weight excluding hydrogens is 392 g/mol. The maximum absolute atomic E-state index is 12.7. The molecule has 3 heterocycles. The number of benzene rings is 1. The number of carbonyl (C=O) groups excluding carboxylic acids is 1. The number of ether oxygens (including phenoxy) is 2. The number of nitrogens with zero attached hydrogens (tertiary/aromatic N) is 4. The molecule has 0 radical (unpaired) electrons. The van der Waals surface area contributed by atoms with Gasteiger partial charge in [0.15, 0.2) is 34.3 Å². The molecule has 1 amide bonds. The second-order valence-corrected chi connectivity index (χ2v) is 7.50. The number of para-hydroxylation sites is 2. The standard InChI is InChI=1S/C20H22N4O4S/c1-3-24(11-14-12-27-15-7-4-5-8-16(15)28-14)18(25)13-29-20-22-21-19(23(20)2)17-9-6-10-26-17/h4-10,14H,3,11-13H2,1-2H3. The fraction of sp³-hybridized carbons (Fsp3) is 0.350. The van der Waals surface area contributed by atoms with E-state index in [1.54, 1.807) is 17.2 Å². The molecule has 29 heavy (non-hydrogen) atoms. The van der Waals surface area contributed by atoms with E-state index >= 15 is 0 Å². The van der Waals surface area contributed by atoms with Crippen LogP contribution in [0.4, 0.5) is 0 Å². The van der Waals surface area contributed by atoms with E-state index in [0.29, 0.717) is 42.2 Å². The topological polar surface area (TPSA) is 82.6 Å². The zero-order valence-corrected chi connectivity index (χ0v) is 17.1. The molecule has 152 valence electrons. The van der Waals surface area contributed by atoms with E-state index in [-0.39, 0.29) is 17.8 Å². The first kappa shape index (κ1) is 19.4. The Morgan fingerprint density at radius 1 is 1.24 bits per heavy atom. The van der Waals surface area contributed by atoms with Gasteiger partial charge < -0.3 is 23.4 Å². The number of rotatable bonds is 7. The van der Waals surface area contributed by atoms with Crippen LogP contribution in [0.2, 0.25) is 0 Å². The Bertz CT molecular complexity index is 973. The molecule has 0 fully saturated rings. The summed E-state index contributed by atoms with van der Waals surface area (Å²) in [7, 11) is 1.85. The van der Waals surface area contributed by atoms with Gasteiger partial charge in [-0.3, -0.25) is 4.79 Å². The van der Waals surface area contributed by atoms with Crippen molar-refractivity contribution in [3.8, 4) is 23.1 Å². The largest absolute Gasteiger partial charge is 0.486 e. The molecule has 0 saturated heterocycles. The first-order chi connectivity index (χ1) is 14.2. The van der Waals surface area contributed by atoms with Crippen LogP contribution < -0.4 is 9.47 Å². The van der Waals surface area contributed by atoms with Crippen molar-refractivity contribution in [2.24, 2.45) is 7.05 Å². The molecule has 1 unspecified atom stereocenters. The number of fused-ring (bicyclic) bond motifs is 1. The number of aromatic nitrogens is 3. The Balaban J connectivity index is 1.34. The molecule has 9 heteroatoms. The van der Waals surface area contributed by atoms with Crippen LogP contribution in [0.1, 0.15) is 6.92 Å². The SMILES string of the molecule is CCN(CC1COc2ccccc2O1)C(=O)CSc1nnc(-c2ccco2)n1C. The molecular formula is C20H22N4O4S. The summed E-state index contributed by atoms with van der Waals surface area (Å²) in [6, 6.07) is 11.2. The van der Waals surface area contributed by atoms with Gasteiger partial charge in [0.1, 0.15) is 6.61 Å². The second-order valence-electron chi connectivity index (χ2n) is 6.56. The molecule has 0 N–H and O–H groups in total. The average Bonchev–Trinajstić information content (AvgIpc) is 3.40. The van der Waals surface area contributed by atoms with Gasteiger partial charge in [-0.25, -0.2) is 0 Å².